The number of carbonyl (C=O) groups excluding carboxylic acids is 1. The molecule has 20 heavy (non-hydrogen) atoms. The molecule has 0 spiro atoms. The molecule has 0 bridgehead atoms. The molecule has 0 aromatic carbocycles. The van der Waals surface area contributed by atoms with Gasteiger partial charge in [0.15, 0.2) is 0 Å². The van der Waals surface area contributed by atoms with Gasteiger partial charge in [-0.05, 0) is 30.9 Å². The Morgan fingerprint density at radius 1 is 1.45 bits per heavy atom. The largest absolute Gasteiger partial charge is 0.463 e. The zero-order valence-corrected chi connectivity index (χ0v) is 12.6. The van der Waals surface area contributed by atoms with E-state index in [1.165, 1.54) is 23.5 Å². The first-order valence-corrected chi connectivity index (χ1v) is 8.02. The highest BCUT2D eigenvalue weighted by Crippen LogP contribution is 2.30. The molecular weight excluding hydrogens is 282 g/mol. The van der Waals surface area contributed by atoms with E-state index < -0.39 is 16.0 Å². The molecule has 2 rings (SSSR count). The summed E-state index contributed by atoms with van der Waals surface area (Å²) in [6, 6.07) is 2.60. The van der Waals surface area contributed by atoms with Gasteiger partial charge in [0.25, 0.3) is 10.0 Å². The van der Waals surface area contributed by atoms with Crippen LogP contribution in [0.25, 0.3) is 0 Å². The zero-order chi connectivity index (χ0) is 14.9. The number of carbonyl (C=O) groups is 1. The van der Waals surface area contributed by atoms with Crippen molar-refractivity contribution in [2.75, 3.05) is 13.7 Å². The molecule has 6 nitrogen and oxygen atoms in total. The Balaban J connectivity index is 2.30. The molecule has 2 heterocycles. The normalized spacial score (nSPS) is 20.5. The minimum atomic E-state index is -3.69. The first-order valence-electron chi connectivity index (χ1n) is 6.58. The Morgan fingerprint density at radius 2 is 2.15 bits per heavy atom. The maximum atomic E-state index is 12.6. The number of hydrogen-bond donors (Lipinski definition) is 0. The molecule has 1 aliphatic heterocycles. The molecule has 0 amide bonds. The number of methoxy groups -OCH3 is 1. The van der Waals surface area contributed by atoms with Crippen molar-refractivity contribution >= 4 is 16.0 Å². The van der Waals surface area contributed by atoms with Gasteiger partial charge in [-0.1, -0.05) is 13.8 Å². The van der Waals surface area contributed by atoms with E-state index in [4.69, 9.17) is 4.42 Å². The van der Waals surface area contributed by atoms with Crippen LogP contribution >= 0.6 is 0 Å². The highest BCUT2D eigenvalue weighted by Gasteiger charge is 2.38. The van der Waals surface area contributed by atoms with E-state index in [1.807, 2.05) is 13.8 Å². The van der Waals surface area contributed by atoms with E-state index in [1.54, 1.807) is 0 Å². The van der Waals surface area contributed by atoms with Crippen LogP contribution in [0.3, 0.4) is 0 Å². The number of hydrogen-bond acceptors (Lipinski definition) is 5. The summed E-state index contributed by atoms with van der Waals surface area (Å²) >= 11 is 0. The van der Waals surface area contributed by atoms with E-state index in [2.05, 4.69) is 4.74 Å². The van der Waals surface area contributed by atoms with Crippen LogP contribution in [0.2, 0.25) is 0 Å². The summed E-state index contributed by atoms with van der Waals surface area (Å²) in [7, 11) is -2.48. The fourth-order valence-electron chi connectivity index (χ4n) is 2.52. The minimum absolute atomic E-state index is 0.0216. The van der Waals surface area contributed by atoms with Crippen molar-refractivity contribution in [3.8, 4) is 0 Å². The van der Waals surface area contributed by atoms with Crippen LogP contribution in [-0.4, -0.2) is 38.4 Å². The van der Waals surface area contributed by atoms with Gasteiger partial charge in [0.2, 0.25) is 10.9 Å². The maximum Gasteiger partial charge on any atom is 0.374 e. The van der Waals surface area contributed by atoms with Gasteiger partial charge >= 0.3 is 5.97 Å². The number of esters is 1. The fourth-order valence-corrected chi connectivity index (χ4v) is 4.26. The average molecular weight is 301 g/mol. The third-order valence-corrected chi connectivity index (χ3v) is 5.35. The summed E-state index contributed by atoms with van der Waals surface area (Å²) < 4.78 is 36.2. The van der Waals surface area contributed by atoms with Crippen molar-refractivity contribution in [3.05, 3.63) is 17.9 Å². The highest BCUT2D eigenvalue weighted by atomic mass is 32.2. The SMILES string of the molecule is COC(=O)c1ccc(S(=O)(=O)N2CCCC2C(C)C)o1. The number of ether oxygens (including phenoxy) is 1. The van der Waals surface area contributed by atoms with Crippen LogP contribution in [0.1, 0.15) is 37.2 Å². The molecule has 0 aliphatic carbocycles. The Morgan fingerprint density at radius 3 is 2.75 bits per heavy atom. The van der Waals surface area contributed by atoms with Gasteiger partial charge in [-0.2, -0.15) is 4.31 Å². The molecule has 1 aromatic rings. The first-order chi connectivity index (χ1) is 9.37. The summed E-state index contributed by atoms with van der Waals surface area (Å²) in [6.07, 6.45) is 1.69. The number of nitrogens with zero attached hydrogens (tertiary/aromatic N) is 1. The molecule has 1 aliphatic rings. The quantitative estimate of drug-likeness (QED) is 0.794. The molecule has 7 heteroatoms. The smallest absolute Gasteiger partial charge is 0.374 e. The third kappa shape index (κ3) is 2.60. The van der Waals surface area contributed by atoms with E-state index in [-0.39, 0.29) is 22.8 Å². The van der Waals surface area contributed by atoms with Crippen molar-refractivity contribution in [3.63, 3.8) is 0 Å². The molecule has 1 aromatic heterocycles. The molecule has 1 saturated heterocycles. The van der Waals surface area contributed by atoms with E-state index >= 15 is 0 Å². The zero-order valence-electron chi connectivity index (χ0n) is 11.8. The maximum absolute atomic E-state index is 12.6. The Hall–Kier alpha value is -1.34. The summed E-state index contributed by atoms with van der Waals surface area (Å²) in [5, 5.41) is -0.203. The summed E-state index contributed by atoms with van der Waals surface area (Å²) in [5.41, 5.74) is 0. The van der Waals surface area contributed by atoms with E-state index in [0.29, 0.717) is 6.54 Å². The Labute approximate surface area is 118 Å². The average Bonchev–Trinajstić information content (AvgIpc) is 3.06. The van der Waals surface area contributed by atoms with Crippen molar-refractivity contribution in [2.24, 2.45) is 5.92 Å². The molecule has 1 fully saturated rings. The monoisotopic (exact) mass is 301 g/mol. The summed E-state index contributed by atoms with van der Waals surface area (Å²) in [4.78, 5) is 11.3. The topological polar surface area (TPSA) is 76.8 Å². The predicted octanol–water partition coefficient (Wildman–Crippen LogP) is 1.88. The third-order valence-electron chi connectivity index (χ3n) is 3.55. The number of furan rings is 1. The number of sulfonamides is 1. The Bertz CT molecular complexity index is 590. The second kappa shape index (κ2) is 5.57. The van der Waals surface area contributed by atoms with Gasteiger partial charge in [-0.15, -0.1) is 0 Å². The van der Waals surface area contributed by atoms with Gasteiger partial charge < -0.3 is 9.15 Å². The number of rotatable bonds is 4. The van der Waals surface area contributed by atoms with Crippen molar-refractivity contribution in [1.82, 2.24) is 4.31 Å². The standard InChI is InChI=1S/C13H19NO5S/c1-9(2)10-5-4-8-14(10)20(16,17)12-7-6-11(19-12)13(15)18-3/h6-7,9-10H,4-5,8H2,1-3H3. The molecule has 112 valence electrons. The lowest BCUT2D eigenvalue weighted by molar-refractivity contribution is 0.0558. The van der Waals surface area contributed by atoms with Gasteiger partial charge in [0.05, 0.1) is 7.11 Å². The van der Waals surface area contributed by atoms with Gasteiger partial charge in [0.1, 0.15) is 0 Å². The van der Waals surface area contributed by atoms with Crippen LogP contribution in [0, 0.1) is 5.92 Å². The van der Waals surface area contributed by atoms with Crippen molar-refractivity contribution in [2.45, 2.75) is 37.8 Å². The van der Waals surface area contributed by atoms with Crippen molar-refractivity contribution in [1.29, 1.82) is 0 Å². The van der Waals surface area contributed by atoms with Crippen LogP contribution in [0.5, 0.6) is 0 Å². The predicted molar refractivity (Wildman–Crippen MR) is 71.8 cm³/mol. The second-order valence-corrected chi connectivity index (χ2v) is 7.00. The van der Waals surface area contributed by atoms with Crippen LogP contribution < -0.4 is 0 Å². The minimum Gasteiger partial charge on any atom is -0.463 e. The van der Waals surface area contributed by atoms with E-state index in [0.717, 1.165) is 12.8 Å². The highest BCUT2D eigenvalue weighted by molar-refractivity contribution is 7.89. The van der Waals surface area contributed by atoms with Gasteiger partial charge in [-0.25, -0.2) is 13.2 Å². The van der Waals surface area contributed by atoms with Crippen LogP contribution in [0.4, 0.5) is 0 Å². The van der Waals surface area contributed by atoms with Crippen LogP contribution in [-0.2, 0) is 14.8 Å². The summed E-state index contributed by atoms with van der Waals surface area (Å²) in [5.74, 6) is -0.554. The summed E-state index contributed by atoms with van der Waals surface area (Å²) in [6.45, 7) is 4.49. The Kier molecular flexibility index (Phi) is 4.19. The molecule has 0 N–H and O–H groups in total. The van der Waals surface area contributed by atoms with Crippen molar-refractivity contribution < 1.29 is 22.4 Å². The molecule has 0 radical (unpaired) electrons. The lowest BCUT2D eigenvalue weighted by atomic mass is 10.0. The lowest BCUT2D eigenvalue weighted by Gasteiger charge is -2.25. The lowest BCUT2D eigenvalue weighted by Crippen LogP contribution is -2.38. The fraction of sp³-hybridized carbons (Fsp3) is 0.615. The van der Waals surface area contributed by atoms with Gasteiger partial charge in [0, 0.05) is 12.6 Å². The van der Waals surface area contributed by atoms with E-state index in [9.17, 15) is 13.2 Å². The van der Waals surface area contributed by atoms with Crippen LogP contribution in [0.15, 0.2) is 21.6 Å². The molecule has 1 unspecified atom stereocenters. The molecular formula is C13H19NO5S. The van der Waals surface area contributed by atoms with Gasteiger partial charge in [-0.3, -0.25) is 0 Å². The molecule has 0 saturated carbocycles. The first kappa shape index (κ1) is 15.1. The second-order valence-electron chi connectivity index (χ2n) is 5.18. The molecule has 1 atom stereocenters.